The molecular weight excluding hydrogens is 737 g/mol. The summed E-state index contributed by atoms with van der Waals surface area (Å²) in [7, 11) is 0. The number of rotatable bonds is 27. The molecule has 12 heteroatoms. The van der Waals surface area contributed by atoms with Gasteiger partial charge in [-0.05, 0) is 74.2 Å². The minimum atomic E-state index is -0.303. The van der Waals surface area contributed by atoms with Crippen LogP contribution in [-0.4, -0.2) is 87.6 Å². The van der Waals surface area contributed by atoms with Gasteiger partial charge in [0.25, 0.3) is 0 Å². The summed E-state index contributed by atoms with van der Waals surface area (Å²) in [4.78, 5) is 30.4. The zero-order valence-electron chi connectivity index (χ0n) is 28.4. The van der Waals surface area contributed by atoms with Crippen LogP contribution in [0.15, 0.2) is 48.5 Å². The third-order valence-corrected chi connectivity index (χ3v) is 9.03. The fourth-order valence-corrected chi connectivity index (χ4v) is 6.58. The molecule has 6 nitrogen and oxygen atoms in total. The summed E-state index contributed by atoms with van der Waals surface area (Å²) in [6, 6.07) is 14.8. The Kier molecular flexibility index (Phi) is 28.1. The van der Waals surface area contributed by atoms with Crippen molar-refractivity contribution in [2.75, 3.05) is 76.0 Å². The summed E-state index contributed by atoms with van der Waals surface area (Å²) in [5.74, 6) is 2.94. The van der Waals surface area contributed by atoms with Gasteiger partial charge in [-0.1, -0.05) is 26.7 Å². The van der Waals surface area contributed by atoms with E-state index in [0.29, 0.717) is 100.0 Å². The number of ketones is 2. The lowest BCUT2D eigenvalue weighted by molar-refractivity contribution is -0.898. The molecule has 2 rings (SSSR count). The summed E-state index contributed by atoms with van der Waals surface area (Å²) >= 11 is 24.6. The maximum absolute atomic E-state index is 14.0. The molecule has 2 atom stereocenters. The first-order valence-corrected chi connectivity index (χ1v) is 19.0. The van der Waals surface area contributed by atoms with Crippen molar-refractivity contribution in [2.24, 2.45) is 11.8 Å². The number of unbranched alkanes of at least 4 members (excludes halogenated alkanes) is 2. The highest BCUT2D eigenvalue weighted by atomic mass is 35.5. The molecule has 0 aliphatic rings. The Bertz CT molecular complexity index is 1010. The lowest BCUT2D eigenvalue weighted by Crippen LogP contribution is -3.13. The first-order chi connectivity index (χ1) is 22.4. The van der Waals surface area contributed by atoms with Crippen LogP contribution in [0, 0.1) is 11.8 Å². The second kappa shape index (κ2) is 28.7. The van der Waals surface area contributed by atoms with E-state index in [2.05, 4.69) is 13.8 Å². The number of quaternary nitrogens is 2. The Hall–Kier alpha value is -0.960. The maximum atomic E-state index is 14.0. The fourth-order valence-electron chi connectivity index (χ4n) is 5.51. The van der Waals surface area contributed by atoms with Crippen LogP contribution in [0.3, 0.4) is 0 Å². The molecule has 0 aliphatic carbocycles. The lowest BCUT2D eigenvalue weighted by atomic mass is 9.86. The summed E-state index contributed by atoms with van der Waals surface area (Å²) < 4.78 is 11.6. The molecule has 2 N–H and O–H groups in total. The topological polar surface area (TPSA) is 61.5 Å². The first-order valence-electron chi connectivity index (χ1n) is 16.9. The SMILES string of the molecule is CCCCOc1ccc(C(=O)C(CCC(C[NH+](CCCl)CCCl)C(=O)c2ccc(OCCCC)cc2)C[NH+](CCCl)CCCl)cc1.[Cl-].[Cl-]. The summed E-state index contributed by atoms with van der Waals surface area (Å²) in [5.41, 5.74) is 1.28. The van der Waals surface area contributed by atoms with Crippen LogP contribution in [0.1, 0.15) is 73.1 Å². The minimum absolute atomic E-state index is 0. The number of nitrogens with one attached hydrogen (secondary N) is 2. The van der Waals surface area contributed by atoms with Crippen molar-refractivity contribution >= 4 is 58.0 Å². The van der Waals surface area contributed by atoms with Gasteiger partial charge in [-0.3, -0.25) is 9.59 Å². The van der Waals surface area contributed by atoms with Gasteiger partial charge in [0.15, 0.2) is 11.6 Å². The van der Waals surface area contributed by atoms with E-state index in [1.54, 1.807) is 0 Å². The molecule has 274 valence electrons. The molecule has 0 saturated heterocycles. The van der Waals surface area contributed by atoms with Crippen molar-refractivity contribution in [1.82, 2.24) is 0 Å². The van der Waals surface area contributed by atoms with Gasteiger partial charge >= 0.3 is 0 Å². The Morgan fingerprint density at radius 3 is 1.17 bits per heavy atom. The third kappa shape index (κ3) is 17.8. The van der Waals surface area contributed by atoms with E-state index >= 15 is 0 Å². The van der Waals surface area contributed by atoms with Gasteiger partial charge in [0, 0.05) is 11.1 Å². The van der Waals surface area contributed by atoms with Gasteiger partial charge in [-0.25, -0.2) is 0 Å². The van der Waals surface area contributed by atoms with Crippen LogP contribution in [0.5, 0.6) is 11.5 Å². The smallest absolute Gasteiger partial charge is 0.171 e. The van der Waals surface area contributed by atoms with Crippen LogP contribution in [0.4, 0.5) is 0 Å². The number of halogens is 6. The Morgan fingerprint density at radius 2 is 0.896 bits per heavy atom. The zero-order valence-corrected chi connectivity index (χ0v) is 32.9. The normalized spacial score (nSPS) is 12.2. The average Bonchev–Trinajstić information content (AvgIpc) is 3.06. The summed E-state index contributed by atoms with van der Waals surface area (Å²) in [6.07, 6.45) is 5.20. The molecule has 2 aromatic carbocycles. The van der Waals surface area contributed by atoms with Crippen molar-refractivity contribution < 1.29 is 53.7 Å². The number of Topliss-reactive ketones (excluding diaryl/α,β-unsaturated/α-hetero) is 2. The number of carbonyl (C=O) groups is 2. The summed E-state index contributed by atoms with van der Waals surface area (Å²) in [5, 5.41) is 0. The molecule has 48 heavy (non-hydrogen) atoms. The fraction of sp³-hybridized carbons (Fsp3) is 0.611. The largest absolute Gasteiger partial charge is 1.00 e. The highest BCUT2D eigenvalue weighted by Crippen LogP contribution is 2.23. The molecule has 0 spiro atoms. The molecule has 0 saturated carbocycles. The zero-order chi connectivity index (χ0) is 33.6. The minimum Gasteiger partial charge on any atom is -1.00 e. The molecule has 0 fully saturated rings. The molecule has 0 amide bonds. The van der Waals surface area contributed by atoms with Gasteiger partial charge in [-0.2, -0.15) is 0 Å². The second-order valence-corrected chi connectivity index (χ2v) is 13.3. The lowest BCUT2D eigenvalue weighted by Gasteiger charge is -2.26. The van der Waals surface area contributed by atoms with Gasteiger partial charge in [0.05, 0.1) is 87.8 Å². The molecule has 2 aromatic rings. The van der Waals surface area contributed by atoms with Crippen LogP contribution in [-0.2, 0) is 0 Å². The van der Waals surface area contributed by atoms with Crippen molar-refractivity contribution in [1.29, 1.82) is 0 Å². The Morgan fingerprint density at radius 1 is 0.583 bits per heavy atom. The van der Waals surface area contributed by atoms with Gasteiger partial charge in [0.2, 0.25) is 0 Å². The predicted octanol–water partition coefficient (Wildman–Crippen LogP) is -0.144. The van der Waals surface area contributed by atoms with Crippen molar-refractivity contribution in [3.63, 3.8) is 0 Å². The quantitative estimate of drug-likeness (QED) is 0.0753. The van der Waals surface area contributed by atoms with Crippen molar-refractivity contribution in [2.45, 2.75) is 52.4 Å². The molecule has 0 radical (unpaired) electrons. The first kappa shape index (κ1) is 47.0. The van der Waals surface area contributed by atoms with E-state index in [0.717, 1.165) is 37.2 Å². The van der Waals surface area contributed by atoms with E-state index in [1.165, 1.54) is 9.80 Å². The standard InChI is InChI=1S/C36H52Cl4N2O4.2ClH/c1-3-5-25-45-33-13-9-29(10-14-33)35(43)31(27-41(21-17-37)22-18-38)7-8-32(28-42(23-19-39)24-20-40)36(44)30-11-15-34(16-12-30)46-26-6-4-2;;/h9-16,31-32H,3-8,17-28H2,1-2H3;2*1H. The van der Waals surface area contributed by atoms with Crippen LogP contribution >= 0.6 is 46.4 Å². The van der Waals surface area contributed by atoms with Crippen molar-refractivity contribution in [3.8, 4) is 11.5 Å². The molecular formula is C36H54Cl6N2O4. The van der Waals surface area contributed by atoms with E-state index in [1.807, 2.05) is 48.5 Å². The van der Waals surface area contributed by atoms with Crippen molar-refractivity contribution in [3.05, 3.63) is 59.7 Å². The maximum Gasteiger partial charge on any atom is 0.171 e. The number of carbonyl (C=O) groups excluding carboxylic acids is 2. The van der Waals surface area contributed by atoms with Gasteiger partial charge in [-0.15, -0.1) is 46.4 Å². The van der Waals surface area contributed by atoms with E-state index < -0.39 is 0 Å². The van der Waals surface area contributed by atoms with Gasteiger partial charge < -0.3 is 44.1 Å². The average molecular weight is 792 g/mol. The van der Waals surface area contributed by atoms with E-state index in [9.17, 15) is 9.59 Å². The Balaban J connectivity index is 0.0000110. The number of hydrogen-bond donors (Lipinski definition) is 2. The predicted molar refractivity (Wildman–Crippen MR) is 193 cm³/mol. The van der Waals surface area contributed by atoms with Crippen LogP contribution < -0.4 is 44.1 Å². The van der Waals surface area contributed by atoms with E-state index in [-0.39, 0.29) is 48.2 Å². The van der Waals surface area contributed by atoms with Gasteiger partial charge in [0.1, 0.15) is 11.5 Å². The molecule has 0 aliphatic heterocycles. The molecule has 0 bridgehead atoms. The highest BCUT2D eigenvalue weighted by molar-refractivity contribution is 6.18. The van der Waals surface area contributed by atoms with E-state index in [4.69, 9.17) is 55.9 Å². The van der Waals surface area contributed by atoms with Crippen LogP contribution in [0.25, 0.3) is 0 Å². The molecule has 0 heterocycles. The monoisotopic (exact) mass is 788 g/mol. The number of ether oxygens (including phenoxy) is 2. The molecule has 0 aromatic heterocycles. The second-order valence-electron chi connectivity index (χ2n) is 11.8. The molecule has 2 unspecified atom stereocenters. The summed E-state index contributed by atoms with van der Waals surface area (Å²) in [6.45, 7) is 9.57. The Labute approximate surface area is 321 Å². The van der Waals surface area contributed by atoms with Crippen LogP contribution in [0.2, 0.25) is 0 Å². The number of hydrogen-bond acceptors (Lipinski definition) is 4. The highest BCUT2D eigenvalue weighted by Gasteiger charge is 2.31. The number of alkyl halides is 4. The third-order valence-electron chi connectivity index (χ3n) is 8.28. The number of benzene rings is 2.